The van der Waals surface area contributed by atoms with E-state index in [0.717, 1.165) is 80.1 Å². The van der Waals surface area contributed by atoms with E-state index in [1.807, 2.05) is 24.4 Å². The molecule has 0 amide bonds. The molecule has 6 rings (SSSR count). The lowest BCUT2D eigenvalue weighted by atomic mass is 10.0. The highest BCUT2D eigenvalue weighted by atomic mass is 32.2. The lowest BCUT2D eigenvalue weighted by Gasteiger charge is -2.42. The minimum Gasteiger partial charge on any atom is -0.355 e. The lowest BCUT2D eigenvalue weighted by molar-refractivity contribution is 0.0981. The third-order valence-electron chi connectivity index (χ3n) is 7.75. The Bertz CT molecular complexity index is 1550. The van der Waals surface area contributed by atoms with Crippen LogP contribution in [-0.4, -0.2) is 85.5 Å². The van der Waals surface area contributed by atoms with Crippen LogP contribution in [0.3, 0.4) is 0 Å². The molecule has 0 aliphatic carbocycles. The zero-order valence-electron chi connectivity index (χ0n) is 22.1. The Morgan fingerprint density at radius 1 is 0.821 bits per heavy atom. The van der Waals surface area contributed by atoms with E-state index >= 15 is 0 Å². The number of pyridine rings is 1. The second kappa shape index (κ2) is 10.9. The van der Waals surface area contributed by atoms with Crippen molar-refractivity contribution < 1.29 is 8.42 Å². The number of piperazine rings is 1. The summed E-state index contributed by atoms with van der Waals surface area (Å²) < 4.78 is 28.2. The van der Waals surface area contributed by atoms with Crippen LogP contribution >= 0.6 is 0 Å². The van der Waals surface area contributed by atoms with Gasteiger partial charge in [-0.3, -0.25) is 19.6 Å². The van der Waals surface area contributed by atoms with Crippen LogP contribution in [0.1, 0.15) is 12.8 Å². The first kappa shape index (κ1) is 25.7. The van der Waals surface area contributed by atoms with Crippen LogP contribution in [0.15, 0.2) is 78.1 Å². The molecule has 2 aliphatic heterocycles. The summed E-state index contributed by atoms with van der Waals surface area (Å²) in [5.74, 6) is 0.902. The van der Waals surface area contributed by atoms with E-state index in [1.54, 1.807) is 42.6 Å². The number of likely N-dealkylation sites (N-methyl/N-ethyl adjacent to an activating group) is 1. The molecule has 202 valence electrons. The zero-order valence-corrected chi connectivity index (χ0v) is 22.9. The number of benzene rings is 2. The van der Waals surface area contributed by atoms with E-state index in [4.69, 9.17) is 4.98 Å². The van der Waals surface area contributed by atoms with Crippen LogP contribution in [0, 0.1) is 0 Å². The Morgan fingerprint density at radius 2 is 1.59 bits per heavy atom. The molecule has 10 heteroatoms. The summed E-state index contributed by atoms with van der Waals surface area (Å²) in [6.45, 7) is 6.56. The second-order valence-corrected chi connectivity index (χ2v) is 12.1. The molecule has 2 aliphatic rings. The molecule has 0 spiro atoms. The van der Waals surface area contributed by atoms with Crippen LogP contribution in [0.25, 0.3) is 22.2 Å². The van der Waals surface area contributed by atoms with E-state index in [0.29, 0.717) is 11.7 Å². The fraction of sp³-hybridized carbons (Fsp3) is 0.345. The van der Waals surface area contributed by atoms with Crippen LogP contribution in [-0.2, 0) is 10.0 Å². The number of sulfonamides is 1. The quantitative estimate of drug-likeness (QED) is 0.393. The number of aromatic nitrogens is 3. The second-order valence-electron chi connectivity index (χ2n) is 10.4. The molecule has 39 heavy (non-hydrogen) atoms. The maximum Gasteiger partial charge on any atom is 0.261 e. The van der Waals surface area contributed by atoms with Gasteiger partial charge in [-0.15, -0.1) is 0 Å². The predicted molar refractivity (Wildman–Crippen MR) is 154 cm³/mol. The summed E-state index contributed by atoms with van der Waals surface area (Å²) in [4.78, 5) is 21.5. The molecular formula is C29H33N7O2S. The van der Waals surface area contributed by atoms with Gasteiger partial charge in [-0.1, -0.05) is 24.3 Å². The SMILES string of the molecule is CN1CCN(C2CCN(c3cnc4ccc(-c5cncc(NS(=O)(=O)c6ccccc6)c5)cc4n3)CC2)CC1. The minimum absolute atomic E-state index is 0.205. The Hall–Kier alpha value is -3.60. The van der Waals surface area contributed by atoms with Gasteiger partial charge < -0.3 is 9.80 Å². The number of hydrogen-bond acceptors (Lipinski definition) is 8. The summed E-state index contributed by atoms with van der Waals surface area (Å²) in [6, 6.07) is 16.6. The predicted octanol–water partition coefficient (Wildman–Crippen LogP) is 3.71. The Kier molecular flexibility index (Phi) is 7.16. The molecule has 0 atom stereocenters. The third-order valence-corrected chi connectivity index (χ3v) is 9.15. The highest BCUT2D eigenvalue weighted by Crippen LogP contribution is 2.28. The maximum absolute atomic E-state index is 12.8. The zero-order chi connectivity index (χ0) is 26.8. The van der Waals surface area contributed by atoms with Crippen molar-refractivity contribution in [2.24, 2.45) is 0 Å². The normalized spacial score (nSPS) is 17.9. The molecular weight excluding hydrogens is 510 g/mol. The fourth-order valence-electron chi connectivity index (χ4n) is 5.45. The summed E-state index contributed by atoms with van der Waals surface area (Å²) >= 11 is 0. The molecule has 0 bridgehead atoms. The molecule has 4 aromatic rings. The van der Waals surface area contributed by atoms with Crippen LogP contribution in [0.2, 0.25) is 0 Å². The Labute approximate surface area is 229 Å². The topological polar surface area (TPSA) is 94.6 Å². The van der Waals surface area contributed by atoms with E-state index < -0.39 is 10.0 Å². The smallest absolute Gasteiger partial charge is 0.261 e. The van der Waals surface area contributed by atoms with Gasteiger partial charge >= 0.3 is 0 Å². The lowest BCUT2D eigenvalue weighted by Crippen LogP contribution is -2.52. The number of fused-ring (bicyclic) bond motifs is 1. The van der Waals surface area contributed by atoms with E-state index in [2.05, 4.69) is 36.4 Å². The largest absolute Gasteiger partial charge is 0.355 e. The molecule has 2 aromatic heterocycles. The van der Waals surface area contributed by atoms with Crippen LogP contribution < -0.4 is 9.62 Å². The van der Waals surface area contributed by atoms with Crippen molar-refractivity contribution in [2.75, 3.05) is 55.9 Å². The summed E-state index contributed by atoms with van der Waals surface area (Å²) in [5.41, 5.74) is 3.73. The number of hydrogen-bond donors (Lipinski definition) is 1. The van der Waals surface area contributed by atoms with Gasteiger partial charge in [0, 0.05) is 57.1 Å². The van der Waals surface area contributed by atoms with Crippen molar-refractivity contribution in [3.05, 3.63) is 73.2 Å². The first-order valence-corrected chi connectivity index (χ1v) is 14.9. The molecule has 0 saturated carbocycles. The summed E-state index contributed by atoms with van der Waals surface area (Å²) in [7, 11) is -1.50. The monoisotopic (exact) mass is 543 g/mol. The van der Waals surface area contributed by atoms with E-state index in [-0.39, 0.29) is 4.90 Å². The summed E-state index contributed by atoms with van der Waals surface area (Å²) in [6.07, 6.45) is 7.39. The highest BCUT2D eigenvalue weighted by molar-refractivity contribution is 7.92. The Morgan fingerprint density at radius 3 is 2.36 bits per heavy atom. The summed E-state index contributed by atoms with van der Waals surface area (Å²) in [5, 5.41) is 0. The number of rotatable bonds is 6. The van der Waals surface area contributed by atoms with Gasteiger partial charge in [0.1, 0.15) is 5.82 Å². The molecule has 1 N–H and O–H groups in total. The molecule has 9 nitrogen and oxygen atoms in total. The van der Waals surface area contributed by atoms with E-state index in [1.165, 1.54) is 6.20 Å². The molecule has 2 saturated heterocycles. The van der Waals surface area contributed by atoms with Crippen molar-refractivity contribution in [1.82, 2.24) is 24.8 Å². The molecule has 2 aromatic carbocycles. The van der Waals surface area contributed by atoms with Gasteiger partial charge in [0.2, 0.25) is 0 Å². The minimum atomic E-state index is -3.70. The van der Waals surface area contributed by atoms with Crippen molar-refractivity contribution in [3.8, 4) is 11.1 Å². The fourth-order valence-corrected chi connectivity index (χ4v) is 6.50. The average molecular weight is 544 g/mol. The van der Waals surface area contributed by atoms with Gasteiger partial charge in [0.05, 0.1) is 34.0 Å². The molecule has 0 radical (unpaired) electrons. The van der Waals surface area contributed by atoms with Gasteiger partial charge in [-0.2, -0.15) is 0 Å². The van der Waals surface area contributed by atoms with Gasteiger partial charge in [-0.25, -0.2) is 13.4 Å². The number of nitrogens with zero attached hydrogens (tertiary/aromatic N) is 6. The van der Waals surface area contributed by atoms with Crippen molar-refractivity contribution in [2.45, 2.75) is 23.8 Å². The highest BCUT2D eigenvalue weighted by Gasteiger charge is 2.27. The van der Waals surface area contributed by atoms with Gasteiger partial charge in [0.15, 0.2) is 0 Å². The van der Waals surface area contributed by atoms with Crippen LogP contribution in [0.5, 0.6) is 0 Å². The Balaban J connectivity index is 1.18. The van der Waals surface area contributed by atoms with Crippen molar-refractivity contribution >= 4 is 32.6 Å². The average Bonchev–Trinajstić information content (AvgIpc) is 2.97. The number of piperidine rings is 1. The standard InChI is InChI=1S/C29H33N7O2S/c1-34-13-15-35(16-14-34)25-9-11-36(12-10-25)29-21-31-27-8-7-22(18-28(27)32-29)23-17-24(20-30-19-23)33-39(37,38)26-5-3-2-4-6-26/h2-8,17-21,25,33H,9-16H2,1H3. The van der Waals surface area contributed by atoms with Gasteiger partial charge in [-0.05, 0) is 55.8 Å². The van der Waals surface area contributed by atoms with Crippen LogP contribution in [0.4, 0.5) is 11.5 Å². The number of anilines is 2. The molecule has 0 unspecified atom stereocenters. The first-order valence-electron chi connectivity index (χ1n) is 13.4. The maximum atomic E-state index is 12.8. The molecule has 2 fully saturated rings. The van der Waals surface area contributed by atoms with Crippen molar-refractivity contribution in [3.63, 3.8) is 0 Å². The van der Waals surface area contributed by atoms with E-state index in [9.17, 15) is 8.42 Å². The third kappa shape index (κ3) is 5.73. The van der Waals surface area contributed by atoms with Crippen molar-refractivity contribution in [1.29, 1.82) is 0 Å². The first-order chi connectivity index (χ1) is 18.9. The number of nitrogens with one attached hydrogen (secondary N) is 1. The molecule has 4 heterocycles. The van der Waals surface area contributed by atoms with Gasteiger partial charge in [0.25, 0.3) is 10.0 Å².